The molecule has 0 aromatic heterocycles. The summed E-state index contributed by atoms with van der Waals surface area (Å²) in [5, 5.41) is 12.9. The van der Waals surface area contributed by atoms with Gasteiger partial charge in [0.05, 0.1) is 6.10 Å². The summed E-state index contributed by atoms with van der Waals surface area (Å²) in [5.41, 5.74) is 0. The molecule has 14 heavy (non-hydrogen) atoms. The third-order valence-electron chi connectivity index (χ3n) is 2.58. The monoisotopic (exact) mass is 221 g/mol. The van der Waals surface area contributed by atoms with Crippen LogP contribution < -0.4 is 5.32 Å². The summed E-state index contributed by atoms with van der Waals surface area (Å²) in [6.45, 7) is 0.966. The number of sulfone groups is 1. The normalized spacial score (nSPS) is 25.1. The van der Waals surface area contributed by atoms with Crippen molar-refractivity contribution >= 4 is 9.84 Å². The Bertz CT molecular complexity index is 257. The number of hydrogen-bond donors (Lipinski definition) is 2. The van der Waals surface area contributed by atoms with Crippen molar-refractivity contribution in [1.82, 2.24) is 5.32 Å². The van der Waals surface area contributed by atoms with Crippen LogP contribution in [0.15, 0.2) is 0 Å². The van der Waals surface area contributed by atoms with Crippen molar-refractivity contribution in [3.63, 3.8) is 0 Å². The van der Waals surface area contributed by atoms with Gasteiger partial charge in [0.1, 0.15) is 9.84 Å². The molecule has 0 aromatic carbocycles. The lowest BCUT2D eigenvalue weighted by molar-refractivity contribution is 0.126. The average Bonchev–Trinajstić information content (AvgIpc) is 2.53. The first-order chi connectivity index (χ1) is 6.49. The van der Waals surface area contributed by atoms with Crippen LogP contribution in [0.25, 0.3) is 0 Å². The smallest absolute Gasteiger partial charge is 0.147 e. The molecule has 0 spiro atoms. The lowest BCUT2D eigenvalue weighted by Crippen LogP contribution is -2.34. The second-order valence-corrected chi connectivity index (χ2v) is 6.30. The molecule has 2 unspecified atom stereocenters. The van der Waals surface area contributed by atoms with E-state index in [2.05, 4.69) is 5.32 Å². The lowest BCUT2D eigenvalue weighted by Gasteiger charge is -2.17. The van der Waals surface area contributed by atoms with Gasteiger partial charge in [-0.15, -0.1) is 0 Å². The van der Waals surface area contributed by atoms with E-state index < -0.39 is 9.84 Å². The van der Waals surface area contributed by atoms with Crippen LogP contribution in [-0.2, 0) is 9.84 Å². The molecule has 0 aliphatic carbocycles. The number of rotatable bonds is 5. The molecule has 0 radical (unpaired) electrons. The Morgan fingerprint density at radius 2 is 2.29 bits per heavy atom. The Morgan fingerprint density at radius 1 is 1.57 bits per heavy atom. The van der Waals surface area contributed by atoms with Crippen molar-refractivity contribution in [2.45, 2.75) is 37.8 Å². The number of hydrogen-bond acceptors (Lipinski definition) is 4. The van der Waals surface area contributed by atoms with E-state index in [1.165, 1.54) is 6.26 Å². The number of aliphatic hydroxyl groups excluding tert-OH is 1. The standard InChI is InChI=1S/C9H19NO3S/c1-14(12,13)7-3-5-9(11)8-4-2-6-10-8/h8-11H,2-7H2,1H3. The van der Waals surface area contributed by atoms with E-state index in [1.807, 2.05) is 0 Å². The van der Waals surface area contributed by atoms with E-state index in [1.54, 1.807) is 0 Å². The highest BCUT2D eigenvalue weighted by Gasteiger charge is 2.22. The predicted octanol–water partition coefficient (Wildman–Crippen LogP) is -0.0759. The topological polar surface area (TPSA) is 66.4 Å². The molecule has 1 saturated heterocycles. The summed E-state index contributed by atoms with van der Waals surface area (Å²) in [6.07, 6.45) is 4.07. The fraction of sp³-hybridized carbons (Fsp3) is 1.00. The first-order valence-electron chi connectivity index (χ1n) is 5.08. The second kappa shape index (κ2) is 5.09. The minimum Gasteiger partial charge on any atom is -0.392 e. The zero-order valence-corrected chi connectivity index (χ0v) is 9.39. The van der Waals surface area contributed by atoms with Crippen LogP contribution in [0.2, 0.25) is 0 Å². The van der Waals surface area contributed by atoms with E-state index >= 15 is 0 Å². The minimum atomic E-state index is -2.87. The molecule has 84 valence electrons. The molecule has 2 atom stereocenters. The van der Waals surface area contributed by atoms with Gasteiger partial charge in [-0.2, -0.15) is 0 Å². The summed E-state index contributed by atoms with van der Waals surface area (Å²) in [6, 6.07) is 0.176. The van der Waals surface area contributed by atoms with Crippen LogP contribution in [0.5, 0.6) is 0 Å². The molecule has 1 rings (SSSR count). The van der Waals surface area contributed by atoms with Gasteiger partial charge in [0.25, 0.3) is 0 Å². The highest BCUT2D eigenvalue weighted by molar-refractivity contribution is 7.90. The molecule has 1 aliphatic rings. The van der Waals surface area contributed by atoms with Gasteiger partial charge in [-0.05, 0) is 32.2 Å². The Morgan fingerprint density at radius 3 is 2.79 bits per heavy atom. The van der Waals surface area contributed by atoms with E-state index in [4.69, 9.17) is 0 Å². The molecule has 2 N–H and O–H groups in total. The van der Waals surface area contributed by atoms with E-state index in [0.29, 0.717) is 12.8 Å². The van der Waals surface area contributed by atoms with Gasteiger partial charge in [0.2, 0.25) is 0 Å². The van der Waals surface area contributed by atoms with E-state index in [0.717, 1.165) is 19.4 Å². The van der Waals surface area contributed by atoms with Gasteiger partial charge >= 0.3 is 0 Å². The fourth-order valence-electron chi connectivity index (χ4n) is 1.80. The summed E-state index contributed by atoms with van der Waals surface area (Å²) < 4.78 is 21.7. The maximum Gasteiger partial charge on any atom is 0.147 e. The molecule has 0 bridgehead atoms. The quantitative estimate of drug-likeness (QED) is 0.681. The van der Waals surface area contributed by atoms with E-state index in [9.17, 15) is 13.5 Å². The zero-order chi connectivity index (χ0) is 10.6. The highest BCUT2D eigenvalue weighted by Crippen LogP contribution is 2.13. The Hall–Kier alpha value is -0.130. The third-order valence-corrected chi connectivity index (χ3v) is 3.61. The predicted molar refractivity (Wildman–Crippen MR) is 56.0 cm³/mol. The molecule has 1 aliphatic heterocycles. The largest absolute Gasteiger partial charge is 0.392 e. The molecule has 0 saturated carbocycles. The maximum atomic E-state index is 10.8. The average molecular weight is 221 g/mol. The van der Waals surface area contributed by atoms with Crippen LogP contribution in [0, 0.1) is 0 Å². The van der Waals surface area contributed by atoms with Crippen molar-refractivity contribution in [1.29, 1.82) is 0 Å². The summed E-state index contributed by atoms with van der Waals surface area (Å²) in [5.74, 6) is 0.177. The van der Waals surface area contributed by atoms with Crippen molar-refractivity contribution in [2.75, 3.05) is 18.6 Å². The third kappa shape index (κ3) is 4.39. The lowest BCUT2D eigenvalue weighted by atomic mass is 10.1. The molecule has 1 fully saturated rings. The first kappa shape index (κ1) is 11.9. The van der Waals surface area contributed by atoms with Crippen molar-refractivity contribution in [3.05, 3.63) is 0 Å². The van der Waals surface area contributed by atoms with Gasteiger partial charge in [-0.1, -0.05) is 0 Å². The van der Waals surface area contributed by atoms with Gasteiger partial charge in [-0.25, -0.2) is 8.42 Å². The molecule has 0 aromatic rings. The first-order valence-corrected chi connectivity index (χ1v) is 7.14. The van der Waals surface area contributed by atoms with Crippen LogP contribution >= 0.6 is 0 Å². The summed E-state index contributed by atoms with van der Waals surface area (Å²) >= 11 is 0. The zero-order valence-electron chi connectivity index (χ0n) is 8.57. The molecule has 1 heterocycles. The van der Waals surface area contributed by atoms with Crippen LogP contribution in [0.1, 0.15) is 25.7 Å². The summed E-state index contributed by atoms with van der Waals surface area (Å²) in [4.78, 5) is 0. The Kier molecular flexibility index (Phi) is 4.34. The molecular formula is C9H19NO3S. The van der Waals surface area contributed by atoms with Gasteiger partial charge in [-0.3, -0.25) is 0 Å². The SMILES string of the molecule is CS(=O)(=O)CCCC(O)C1CCCN1. The minimum absolute atomic E-state index is 0.176. The Labute approximate surface area is 85.6 Å². The fourth-order valence-corrected chi connectivity index (χ4v) is 2.49. The Balaban J connectivity index is 2.17. The van der Waals surface area contributed by atoms with Crippen molar-refractivity contribution < 1.29 is 13.5 Å². The molecule has 4 nitrogen and oxygen atoms in total. The van der Waals surface area contributed by atoms with Crippen LogP contribution in [0.3, 0.4) is 0 Å². The van der Waals surface area contributed by atoms with Crippen molar-refractivity contribution in [2.24, 2.45) is 0 Å². The number of nitrogens with one attached hydrogen (secondary N) is 1. The maximum absolute atomic E-state index is 10.8. The van der Waals surface area contributed by atoms with Gasteiger partial charge in [0, 0.05) is 18.1 Å². The second-order valence-electron chi connectivity index (χ2n) is 4.04. The van der Waals surface area contributed by atoms with Gasteiger partial charge < -0.3 is 10.4 Å². The molecule has 0 amide bonds. The van der Waals surface area contributed by atoms with Gasteiger partial charge in [0.15, 0.2) is 0 Å². The van der Waals surface area contributed by atoms with Crippen LogP contribution in [0.4, 0.5) is 0 Å². The van der Waals surface area contributed by atoms with Crippen molar-refractivity contribution in [3.8, 4) is 0 Å². The van der Waals surface area contributed by atoms with Crippen LogP contribution in [-0.4, -0.2) is 44.2 Å². The molecule has 5 heteroatoms. The molecular weight excluding hydrogens is 202 g/mol. The number of aliphatic hydroxyl groups is 1. The highest BCUT2D eigenvalue weighted by atomic mass is 32.2. The van der Waals surface area contributed by atoms with E-state index in [-0.39, 0.29) is 17.9 Å². The summed E-state index contributed by atoms with van der Waals surface area (Å²) in [7, 11) is -2.87.